The Kier molecular flexibility index (Phi) is 9.74. The average molecular weight is 528 g/mol. The van der Waals surface area contributed by atoms with Gasteiger partial charge in [0, 0.05) is 32.0 Å². The van der Waals surface area contributed by atoms with Gasteiger partial charge in [-0.25, -0.2) is 24.9 Å². The van der Waals surface area contributed by atoms with Crippen molar-refractivity contribution in [3.8, 4) is 11.5 Å². The predicted molar refractivity (Wildman–Crippen MR) is 156 cm³/mol. The second kappa shape index (κ2) is 13.6. The largest absolute Gasteiger partial charge is 0.457 e. The Morgan fingerprint density at radius 3 is 2.41 bits per heavy atom. The number of aromatic nitrogens is 6. The zero-order valence-corrected chi connectivity index (χ0v) is 23.4. The number of hydrogen-bond acceptors (Lipinski definition) is 8. The van der Waals surface area contributed by atoms with Crippen LogP contribution in [0.4, 0.5) is 11.5 Å². The lowest BCUT2D eigenvalue weighted by atomic mass is 10.2. The van der Waals surface area contributed by atoms with E-state index >= 15 is 0 Å². The van der Waals surface area contributed by atoms with Gasteiger partial charge in [-0.2, -0.15) is 0 Å². The van der Waals surface area contributed by atoms with Gasteiger partial charge in [0.1, 0.15) is 34.7 Å². The Morgan fingerprint density at radius 2 is 1.72 bits per heavy atom. The number of nitrogens with zero attached hydrogens (tertiary/aromatic N) is 6. The van der Waals surface area contributed by atoms with Crippen LogP contribution in [0.1, 0.15) is 50.9 Å². The van der Waals surface area contributed by atoms with Crippen LogP contribution in [0.2, 0.25) is 0 Å². The maximum atomic E-state index is 6.09. The Morgan fingerprint density at radius 1 is 0.923 bits per heavy atom. The van der Waals surface area contributed by atoms with Crippen LogP contribution in [-0.4, -0.2) is 42.7 Å². The normalized spacial score (nSPS) is 12.4. The van der Waals surface area contributed by atoms with Crippen LogP contribution in [0.5, 0.6) is 11.5 Å². The van der Waals surface area contributed by atoms with Crippen LogP contribution in [0, 0.1) is 13.8 Å². The summed E-state index contributed by atoms with van der Waals surface area (Å²) in [5.41, 5.74) is 5.22. The van der Waals surface area contributed by atoms with Crippen molar-refractivity contribution in [3.63, 3.8) is 0 Å². The second-order valence-corrected chi connectivity index (χ2v) is 9.41. The third-order valence-corrected chi connectivity index (χ3v) is 6.19. The highest BCUT2D eigenvalue weighted by molar-refractivity contribution is 5.86. The molecule has 5 aromatic rings. The monoisotopic (exact) mass is 527 g/mol. The first-order valence-corrected chi connectivity index (χ1v) is 13.5. The summed E-state index contributed by atoms with van der Waals surface area (Å²) in [5.74, 6) is 2.84. The zero-order valence-electron chi connectivity index (χ0n) is 23.4. The van der Waals surface area contributed by atoms with E-state index in [1.165, 1.54) is 32.0 Å². The molecule has 0 bridgehead atoms. The molecule has 1 aliphatic rings. The molecule has 0 aliphatic carbocycles. The number of imidazole rings is 1. The standard InChI is InChI=1S/C22H19N7O.C4H8O.C4H10/c1-13-8-15(28-22-21-18(24-11-25-22)10-23-14(2)27-21)4-7-20(13)30-16-5-6-19-17(9-16)26-12-29(19)3;1-2-4-5-3-1;1-3-4-2/h4-12H,1-3H3,(H,24,25,28);1-4H2;3-4H2,1-2H3. The minimum atomic E-state index is 0.638. The van der Waals surface area contributed by atoms with E-state index in [4.69, 9.17) is 9.47 Å². The average Bonchev–Trinajstić information content (AvgIpc) is 3.65. The van der Waals surface area contributed by atoms with Gasteiger partial charge in [0.15, 0.2) is 5.82 Å². The Labute approximate surface area is 229 Å². The highest BCUT2D eigenvalue weighted by atomic mass is 16.5. The van der Waals surface area contributed by atoms with E-state index in [1.807, 2.05) is 61.9 Å². The first-order valence-electron chi connectivity index (χ1n) is 13.5. The molecule has 0 unspecified atom stereocenters. The van der Waals surface area contributed by atoms with Gasteiger partial charge in [-0.1, -0.05) is 26.7 Å². The van der Waals surface area contributed by atoms with Crippen molar-refractivity contribution in [1.82, 2.24) is 29.5 Å². The lowest BCUT2D eigenvalue weighted by molar-refractivity contribution is 0.198. The molecule has 4 heterocycles. The van der Waals surface area contributed by atoms with E-state index in [0.29, 0.717) is 22.7 Å². The first kappa shape index (κ1) is 27.9. The van der Waals surface area contributed by atoms with Gasteiger partial charge in [0.2, 0.25) is 0 Å². The molecule has 39 heavy (non-hydrogen) atoms. The lowest BCUT2D eigenvalue weighted by Crippen LogP contribution is -2.00. The fourth-order valence-corrected chi connectivity index (χ4v) is 3.83. The molecule has 0 atom stereocenters. The molecule has 3 aromatic heterocycles. The van der Waals surface area contributed by atoms with Gasteiger partial charge >= 0.3 is 0 Å². The molecule has 1 saturated heterocycles. The van der Waals surface area contributed by atoms with Crippen molar-refractivity contribution in [2.45, 2.75) is 53.4 Å². The van der Waals surface area contributed by atoms with E-state index in [-0.39, 0.29) is 0 Å². The van der Waals surface area contributed by atoms with E-state index < -0.39 is 0 Å². The summed E-state index contributed by atoms with van der Waals surface area (Å²) in [5, 5.41) is 3.32. The quantitative estimate of drug-likeness (QED) is 0.259. The minimum Gasteiger partial charge on any atom is -0.457 e. The van der Waals surface area contributed by atoms with Crippen molar-refractivity contribution in [1.29, 1.82) is 0 Å². The van der Waals surface area contributed by atoms with Gasteiger partial charge in [-0.05, 0) is 62.6 Å². The molecular formula is C30H37N7O2. The SMILES string of the molecule is C1CCOC1.CCCC.Cc1ncc2ncnc(Nc3ccc(Oc4ccc5c(c4)ncn5C)c(C)c3)c2n1. The lowest BCUT2D eigenvalue weighted by Gasteiger charge is -2.12. The smallest absolute Gasteiger partial charge is 0.160 e. The summed E-state index contributed by atoms with van der Waals surface area (Å²) in [4.78, 5) is 21.6. The summed E-state index contributed by atoms with van der Waals surface area (Å²) in [6.45, 7) is 10.2. The molecule has 9 heteroatoms. The fraction of sp³-hybridized carbons (Fsp3) is 0.367. The molecule has 1 N–H and O–H groups in total. The first-order chi connectivity index (χ1) is 19.0. The number of fused-ring (bicyclic) bond motifs is 2. The van der Waals surface area contributed by atoms with Crippen LogP contribution in [-0.2, 0) is 11.8 Å². The predicted octanol–water partition coefficient (Wildman–Crippen LogP) is 7.06. The van der Waals surface area contributed by atoms with E-state index in [2.05, 4.69) is 44.1 Å². The summed E-state index contributed by atoms with van der Waals surface area (Å²) < 4.78 is 13.0. The molecule has 0 amide bonds. The molecule has 0 saturated carbocycles. The van der Waals surface area contributed by atoms with E-state index in [9.17, 15) is 0 Å². The van der Waals surface area contributed by atoms with Crippen molar-refractivity contribution in [2.24, 2.45) is 7.05 Å². The van der Waals surface area contributed by atoms with Crippen LogP contribution < -0.4 is 10.1 Å². The summed E-state index contributed by atoms with van der Waals surface area (Å²) in [6, 6.07) is 11.8. The number of ether oxygens (including phenoxy) is 2. The van der Waals surface area contributed by atoms with Gasteiger partial charge in [0.25, 0.3) is 0 Å². The third-order valence-electron chi connectivity index (χ3n) is 6.19. The molecule has 1 fully saturated rings. The van der Waals surface area contributed by atoms with Gasteiger partial charge in [0.05, 0.1) is 23.6 Å². The number of hydrogen-bond donors (Lipinski definition) is 1. The molecule has 1 aliphatic heterocycles. The van der Waals surface area contributed by atoms with Crippen molar-refractivity contribution < 1.29 is 9.47 Å². The highest BCUT2D eigenvalue weighted by Crippen LogP contribution is 2.30. The topological polar surface area (TPSA) is 99.9 Å². The van der Waals surface area contributed by atoms with Crippen LogP contribution in [0.15, 0.2) is 55.2 Å². The number of unbranched alkanes of at least 4 members (excludes halogenated alkanes) is 1. The summed E-state index contributed by atoms with van der Waals surface area (Å²) in [6.07, 6.45) is 10.2. The Bertz CT molecular complexity index is 1500. The Hall–Kier alpha value is -4.11. The summed E-state index contributed by atoms with van der Waals surface area (Å²) >= 11 is 0. The fourth-order valence-electron chi connectivity index (χ4n) is 3.83. The number of benzene rings is 2. The number of anilines is 2. The molecule has 204 valence electrons. The molecule has 0 radical (unpaired) electrons. The molecule has 9 nitrogen and oxygen atoms in total. The van der Waals surface area contributed by atoms with Crippen LogP contribution in [0.25, 0.3) is 22.1 Å². The molecular weight excluding hydrogens is 490 g/mol. The summed E-state index contributed by atoms with van der Waals surface area (Å²) in [7, 11) is 1.97. The number of nitrogens with one attached hydrogen (secondary N) is 1. The minimum absolute atomic E-state index is 0.638. The third kappa shape index (κ3) is 7.48. The van der Waals surface area contributed by atoms with Crippen molar-refractivity contribution >= 4 is 33.6 Å². The van der Waals surface area contributed by atoms with E-state index in [0.717, 1.165) is 47.0 Å². The van der Waals surface area contributed by atoms with Crippen molar-refractivity contribution in [2.75, 3.05) is 18.5 Å². The molecule has 0 spiro atoms. The molecule has 6 rings (SSSR count). The van der Waals surface area contributed by atoms with E-state index in [1.54, 1.807) is 12.5 Å². The van der Waals surface area contributed by atoms with Crippen molar-refractivity contribution in [3.05, 3.63) is 66.6 Å². The Balaban J connectivity index is 0.000000337. The van der Waals surface area contributed by atoms with Gasteiger partial charge < -0.3 is 19.4 Å². The van der Waals surface area contributed by atoms with Crippen LogP contribution >= 0.6 is 0 Å². The number of aryl methyl sites for hydroxylation is 3. The van der Waals surface area contributed by atoms with Crippen LogP contribution in [0.3, 0.4) is 0 Å². The molecule has 2 aromatic carbocycles. The highest BCUT2D eigenvalue weighted by Gasteiger charge is 2.09. The maximum absolute atomic E-state index is 6.09. The second-order valence-electron chi connectivity index (χ2n) is 9.41. The van der Waals surface area contributed by atoms with Gasteiger partial charge in [-0.3, -0.25) is 0 Å². The number of rotatable bonds is 5. The zero-order chi connectivity index (χ0) is 27.6. The van der Waals surface area contributed by atoms with Gasteiger partial charge in [-0.15, -0.1) is 0 Å². The maximum Gasteiger partial charge on any atom is 0.160 e.